The molecule has 3 nitrogen and oxygen atoms in total. The molecule has 0 fully saturated rings. The van der Waals surface area contributed by atoms with E-state index in [0.29, 0.717) is 24.5 Å². The highest BCUT2D eigenvalue weighted by molar-refractivity contribution is 5.99. The van der Waals surface area contributed by atoms with Gasteiger partial charge in [-0.05, 0) is 30.4 Å². The van der Waals surface area contributed by atoms with Crippen molar-refractivity contribution in [2.24, 2.45) is 0 Å². The predicted octanol–water partition coefficient (Wildman–Crippen LogP) is 4.23. The van der Waals surface area contributed by atoms with Crippen LogP contribution >= 0.6 is 0 Å². The first kappa shape index (κ1) is 14.4. The minimum atomic E-state index is 0.568. The molecule has 0 amide bonds. The van der Waals surface area contributed by atoms with Crippen molar-refractivity contribution in [2.75, 3.05) is 13.2 Å². The molecular formula is C17H20O3. The molecule has 0 aliphatic carbocycles. The first-order valence-corrected chi connectivity index (χ1v) is 7.08. The molecule has 0 spiro atoms. The summed E-state index contributed by atoms with van der Waals surface area (Å²) in [7, 11) is 0. The fourth-order valence-corrected chi connectivity index (χ4v) is 2.11. The molecule has 2 aromatic rings. The number of benzene rings is 2. The summed E-state index contributed by atoms with van der Waals surface area (Å²) in [5.74, 6) is 1.41. The zero-order valence-electron chi connectivity index (χ0n) is 12.0. The lowest BCUT2D eigenvalue weighted by molar-refractivity contribution is 0.112. The van der Waals surface area contributed by atoms with Crippen LogP contribution < -0.4 is 9.47 Å². The van der Waals surface area contributed by atoms with Crippen molar-refractivity contribution < 1.29 is 14.3 Å². The van der Waals surface area contributed by atoms with Crippen LogP contribution in [-0.2, 0) is 0 Å². The van der Waals surface area contributed by atoms with E-state index in [-0.39, 0.29) is 0 Å². The molecule has 0 saturated carbocycles. The van der Waals surface area contributed by atoms with Crippen LogP contribution in [0, 0.1) is 0 Å². The highest BCUT2D eigenvalue weighted by Gasteiger charge is 2.13. The van der Waals surface area contributed by atoms with Gasteiger partial charge in [-0.25, -0.2) is 0 Å². The average Bonchev–Trinajstić information content (AvgIpc) is 2.50. The molecule has 0 heterocycles. The van der Waals surface area contributed by atoms with Crippen molar-refractivity contribution in [1.29, 1.82) is 0 Å². The zero-order valence-corrected chi connectivity index (χ0v) is 12.0. The van der Waals surface area contributed by atoms with Gasteiger partial charge in [-0.2, -0.15) is 0 Å². The highest BCUT2D eigenvalue weighted by Crippen LogP contribution is 2.36. The fourth-order valence-electron chi connectivity index (χ4n) is 2.11. The van der Waals surface area contributed by atoms with Crippen molar-refractivity contribution in [3.05, 3.63) is 35.9 Å². The normalized spacial score (nSPS) is 10.5. The van der Waals surface area contributed by atoms with Crippen molar-refractivity contribution in [3.63, 3.8) is 0 Å². The summed E-state index contributed by atoms with van der Waals surface area (Å²) in [5.41, 5.74) is 0.568. The molecule has 3 heteroatoms. The number of carbonyl (C=O) groups excluding carboxylic acids is 1. The number of fused-ring (bicyclic) bond motifs is 1. The molecule has 0 aliphatic rings. The standard InChI is InChI=1S/C17H20O3/c1-3-10-19-15-7-5-6-13-8-9-14(12-18)17(16(13)15)20-11-4-2/h5-9,12H,3-4,10-11H2,1-2H3. The summed E-state index contributed by atoms with van der Waals surface area (Å²) in [6.07, 6.45) is 2.67. The van der Waals surface area contributed by atoms with E-state index in [1.165, 1.54) is 0 Å². The molecule has 2 rings (SSSR count). The fraction of sp³-hybridized carbons (Fsp3) is 0.353. The van der Waals surface area contributed by atoms with E-state index in [1.807, 2.05) is 31.2 Å². The average molecular weight is 272 g/mol. The molecule has 0 N–H and O–H groups in total. The first-order valence-electron chi connectivity index (χ1n) is 7.08. The molecule has 0 aliphatic heterocycles. The second kappa shape index (κ2) is 6.94. The zero-order chi connectivity index (χ0) is 14.4. The highest BCUT2D eigenvalue weighted by atomic mass is 16.5. The number of ether oxygens (including phenoxy) is 2. The minimum absolute atomic E-state index is 0.568. The molecule has 0 bridgehead atoms. The van der Waals surface area contributed by atoms with Crippen molar-refractivity contribution in [2.45, 2.75) is 26.7 Å². The Balaban J connectivity index is 2.58. The maximum Gasteiger partial charge on any atom is 0.153 e. The van der Waals surface area contributed by atoms with Crippen LogP contribution in [0.2, 0.25) is 0 Å². The lowest BCUT2D eigenvalue weighted by Gasteiger charge is -2.15. The van der Waals surface area contributed by atoms with Gasteiger partial charge in [-0.1, -0.05) is 32.0 Å². The summed E-state index contributed by atoms with van der Waals surface area (Å²) >= 11 is 0. The van der Waals surface area contributed by atoms with Crippen LogP contribution in [0.5, 0.6) is 11.5 Å². The Kier molecular flexibility index (Phi) is 4.99. The van der Waals surface area contributed by atoms with Crippen LogP contribution in [0.15, 0.2) is 30.3 Å². The van der Waals surface area contributed by atoms with Crippen LogP contribution in [-0.4, -0.2) is 19.5 Å². The summed E-state index contributed by atoms with van der Waals surface area (Å²) in [4.78, 5) is 11.2. The van der Waals surface area contributed by atoms with E-state index in [4.69, 9.17) is 9.47 Å². The lowest BCUT2D eigenvalue weighted by Crippen LogP contribution is -2.02. The van der Waals surface area contributed by atoms with Crippen molar-refractivity contribution >= 4 is 17.1 Å². The van der Waals surface area contributed by atoms with Gasteiger partial charge in [-0.15, -0.1) is 0 Å². The Bertz CT molecular complexity index is 590. The maximum absolute atomic E-state index is 11.2. The Morgan fingerprint density at radius 1 is 1.00 bits per heavy atom. The Hall–Kier alpha value is -2.03. The SMILES string of the molecule is CCCOc1cccc2ccc(C=O)c(OCCC)c12. The Labute approximate surface area is 119 Å². The van der Waals surface area contributed by atoms with Crippen LogP contribution in [0.25, 0.3) is 10.8 Å². The van der Waals surface area contributed by atoms with E-state index < -0.39 is 0 Å². The summed E-state index contributed by atoms with van der Waals surface area (Å²) < 4.78 is 11.6. The Morgan fingerprint density at radius 2 is 1.75 bits per heavy atom. The predicted molar refractivity (Wildman–Crippen MR) is 80.9 cm³/mol. The van der Waals surface area contributed by atoms with Gasteiger partial charge in [0.15, 0.2) is 6.29 Å². The van der Waals surface area contributed by atoms with E-state index in [9.17, 15) is 4.79 Å². The second-order valence-corrected chi connectivity index (χ2v) is 4.65. The smallest absolute Gasteiger partial charge is 0.153 e. The molecule has 106 valence electrons. The number of hydrogen-bond donors (Lipinski definition) is 0. The molecule has 0 aromatic heterocycles. The summed E-state index contributed by atoms with van der Waals surface area (Å²) in [6, 6.07) is 9.60. The van der Waals surface area contributed by atoms with Gasteiger partial charge in [0.05, 0.1) is 24.2 Å². The van der Waals surface area contributed by atoms with Gasteiger partial charge in [0.1, 0.15) is 11.5 Å². The Morgan fingerprint density at radius 3 is 2.45 bits per heavy atom. The second-order valence-electron chi connectivity index (χ2n) is 4.65. The van der Waals surface area contributed by atoms with Gasteiger partial charge in [-0.3, -0.25) is 4.79 Å². The third kappa shape index (κ3) is 2.93. The van der Waals surface area contributed by atoms with E-state index in [2.05, 4.69) is 6.92 Å². The molecule has 0 radical (unpaired) electrons. The topological polar surface area (TPSA) is 35.5 Å². The molecular weight excluding hydrogens is 252 g/mol. The van der Waals surface area contributed by atoms with Gasteiger partial charge in [0, 0.05) is 0 Å². The van der Waals surface area contributed by atoms with Crippen LogP contribution in [0.4, 0.5) is 0 Å². The quantitative estimate of drug-likeness (QED) is 0.707. The van der Waals surface area contributed by atoms with Crippen LogP contribution in [0.1, 0.15) is 37.0 Å². The molecule has 2 aromatic carbocycles. The molecule has 20 heavy (non-hydrogen) atoms. The minimum Gasteiger partial charge on any atom is -0.493 e. The van der Waals surface area contributed by atoms with Crippen molar-refractivity contribution in [3.8, 4) is 11.5 Å². The van der Waals surface area contributed by atoms with Crippen LogP contribution in [0.3, 0.4) is 0 Å². The van der Waals surface area contributed by atoms with E-state index in [0.717, 1.165) is 35.6 Å². The van der Waals surface area contributed by atoms with Gasteiger partial charge >= 0.3 is 0 Å². The summed E-state index contributed by atoms with van der Waals surface area (Å²) in [5, 5.41) is 1.91. The molecule has 0 saturated heterocycles. The van der Waals surface area contributed by atoms with Gasteiger partial charge < -0.3 is 9.47 Å². The number of hydrogen-bond acceptors (Lipinski definition) is 3. The lowest BCUT2D eigenvalue weighted by atomic mass is 10.0. The van der Waals surface area contributed by atoms with Gasteiger partial charge in [0.2, 0.25) is 0 Å². The molecule has 0 unspecified atom stereocenters. The number of rotatable bonds is 7. The van der Waals surface area contributed by atoms with E-state index in [1.54, 1.807) is 6.07 Å². The monoisotopic (exact) mass is 272 g/mol. The number of aldehydes is 1. The third-order valence-corrected chi connectivity index (χ3v) is 3.03. The molecule has 0 atom stereocenters. The third-order valence-electron chi connectivity index (χ3n) is 3.03. The summed E-state index contributed by atoms with van der Waals surface area (Å²) in [6.45, 7) is 5.34. The van der Waals surface area contributed by atoms with Crippen molar-refractivity contribution in [1.82, 2.24) is 0 Å². The van der Waals surface area contributed by atoms with E-state index >= 15 is 0 Å². The van der Waals surface area contributed by atoms with Gasteiger partial charge in [0.25, 0.3) is 0 Å². The maximum atomic E-state index is 11.2. The first-order chi connectivity index (χ1) is 9.81. The largest absolute Gasteiger partial charge is 0.493 e. The number of carbonyl (C=O) groups is 1.